The van der Waals surface area contributed by atoms with E-state index in [9.17, 15) is 4.79 Å². The molecule has 1 unspecified atom stereocenters. The van der Waals surface area contributed by atoms with Crippen molar-refractivity contribution in [3.05, 3.63) is 45.9 Å². The Bertz CT molecular complexity index is 753. The van der Waals surface area contributed by atoms with Gasteiger partial charge in [0.15, 0.2) is 17.6 Å². The van der Waals surface area contributed by atoms with E-state index in [0.29, 0.717) is 28.0 Å². The van der Waals surface area contributed by atoms with Gasteiger partial charge < -0.3 is 19.5 Å². The summed E-state index contributed by atoms with van der Waals surface area (Å²) in [6.07, 6.45) is -0.709. The second kappa shape index (κ2) is 6.68. The van der Waals surface area contributed by atoms with Crippen molar-refractivity contribution < 1.29 is 19.0 Å². The van der Waals surface area contributed by atoms with Gasteiger partial charge in [0.25, 0.3) is 5.91 Å². The number of rotatable bonds is 4. The van der Waals surface area contributed by atoms with Gasteiger partial charge in [0.1, 0.15) is 5.75 Å². The highest BCUT2D eigenvalue weighted by Gasteiger charge is 2.18. The van der Waals surface area contributed by atoms with Crippen LogP contribution in [0.15, 0.2) is 40.9 Å². The standard InChI is InChI=1S/C16H13BrClNO4/c1-9(23-13-4-2-10(17)6-12(13)18)16(20)19-11-3-5-14-15(7-11)22-8-21-14/h2-7,9H,8H2,1H3,(H,19,20). The average molecular weight is 399 g/mol. The zero-order valence-corrected chi connectivity index (χ0v) is 14.5. The first kappa shape index (κ1) is 16.0. The van der Waals surface area contributed by atoms with Crippen LogP contribution in [-0.2, 0) is 4.79 Å². The number of amides is 1. The van der Waals surface area contributed by atoms with Crippen LogP contribution in [0.25, 0.3) is 0 Å². The third-order valence-corrected chi connectivity index (χ3v) is 4.00. The van der Waals surface area contributed by atoms with Crippen LogP contribution in [0.1, 0.15) is 6.92 Å². The quantitative estimate of drug-likeness (QED) is 0.837. The minimum Gasteiger partial charge on any atom is -0.479 e. The fraction of sp³-hybridized carbons (Fsp3) is 0.188. The Hall–Kier alpha value is -1.92. The zero-order chi connectivity index (χ0) is 16.4. The molecule has 120 valence electrons. The average Bonchev–Trinajstić information content (AvgIpc) is 2.97. The van der Waals surface area contributed by atoms with Crippen LogP contribution in [0.4, 0.5) is 5.69 Å². The maximum absolute atomic E-state index is 12.2. The van der Waals surface area contributed by atoms with Gasteiger partial charge in [0.05, 0.1) is 5.02 Å². The molecule has 0 aromatic heterocycles. The summed E-state index contributed by atoms with van der Waals surface area (Å²) in [4.78, 5) is 12.2. The molecule has 3 rings (SSSR count). The van der Waals surface area contributed by atoms with Crippen molar-refractivity contribution in [2.75, 3.05) is 12.1 Å². The number of benzene rings is 2. The highest BCUT2D eigenvalue weighted by atomic mass is 79.9. The van der Waals surface area contributed by atoms with E-state index in [0.717, 1.165) is 4.47 Å². The summed E-state index contributed by atoms with van der Waals surface area (Å²) in [5, 5.41) is 3.20. The number of anilines is 1. The van der Waals surface area contributed by atoms with E-state index < -0.39 is 6.10 Å². The van der Waals surface area contributed by atoms with E-state index in [1.165, 1.54) is 0 Å². The summed E-state index contributed by atoms with van der Waals surface area (Å²) in [6, 6.07) is 10.4. The fourth-order valence-electron chi connectivity index (χ4n) is 2.03. The predicted octanol–water partition coefficient (Wildman–Crippen LogP) is 4.24. The van der Waals surface area contributed by atoms with E-state index >= 15 is 0 Å². The molecule has 1 aliphatic heterocycles. The van der Waals surface area contributed by atoms with Crippen molar-refractivity contribution in [3.63, 3.8) is 0 Å². The van der Waals surface area contributed by atoms with Crippen molar-refractivity contribution in [1.29, 1.82) is 0 Å². The third-order valence-electron chi connectivity index (χ3n) is 3.21. The van der Waals surface area contributed by atoms with Gasteiger partial charge in [-0.25, -0.2) is 0 Å². The summed E-state index contributed by atoms with van der Waals surface area (Å²) in [6.45, 7) is 1.84. The van der Waals surface area contributed by atoms with E-state index in [2.05, 4.69) is 21.2 Å². The van der Waals surface area contributed by atoms with Gasteiger partial charge in [-0.2, -0.15) is 0 Å². The number of nitrogens with one attached hydrogen (secondary N) is 1. The molecule has 2 aromatic carbocycles. The van der Waals surface area contributed by atoms with Crippen molar-refractivity contribution in [3.8, 4) is 17.2 Å². The van der Waals surface area contributed by atoms with Gasteiger partial charge in [-0.1, -0.05) is 27.5 Å². The largest absolute Gasteiger partial charge is 0.479 e. The van der Waals surface area contributed by atoms with Crippen LogP contribution in [0, 0.1) is 0 Å². The zero-order valence-electron chi connectivity index (χ0n) is 12.1. The summed E-state index contributed by atoms with van der Waals surface area (Å²) in [5.41, 5.74) is 0.608. The van der Waals surface area contributed by atoms with Crippen LogP contribution in [-0.4, -0.2) is 18.8 Å². The first-order valence-corrected chi connectivity index (χ1v) is 8.02. The minimum absolute atomic E-state index is 0.189. The van der Waals surface area contributed by atoms with Gasteiger partial charge in [0, 0.05) is 16.2 Å². The molecule has 1 aliphatic rings. The highest BCUT2D eigenvalue weighted by Crippen LogP contribution is 2.34. The van der Waals surface area contributed by atoms with Gasteiger partial charge in [-0.05, 0) is 37.3 Å². The minimum atomic E-state index is -0.709. The van der Waals surface area contributed by atoms with Crippen molar-refractivity contribution in [2.45, 2.75) is 13.0 Å². The van der Waals surface area contributed by atoms with Gasteiger partial charge in [-0.3, -0.25) is 4.79 Å². The normalized spacial score (nSPS) is 13.5. The molecule has 0 bridgehead atoms. The van der Waals surface area contributed by atoms with Crippen LogP contribution in [0.5, 0.6) is 17.2 Å². The molecule has 2 aromatic rings. The lowest BCUT2D eigenvalue weighted by molar-refractivity contribution is -0.122. The van der Waals surface area contributed by atoms with Crippen LogP contribution < -0.4 is 19.5 Å². The smallest absolute Gasteiger partial charge is 0.265 e. The molecule has 23 heavy (non-hydrogen) atoms. The Balaban J connectivity index is 1.65. The lowest BCUT2D eigenvalue weighted by Gasteiger charge is -2.16. The summed E-state index contributed by atoms with van der Waals surface area (Å²) >= 11 is 9.40. The molecular weight excluding hydrogens is 386 g/mol. The molecule has 1 amide bonds. The first-order chi connectivity index (χ1) is 11.0. The lowest BCUT2D eigenvalue weighted by atomic mass is 10.2. The molecule has 0 radical (unpaired) electrons. The fourth-order valence-corrected chi connectivity index (χ4v) is 2.75. The van der Waals surface area contributed by atoms with E-state index in [-0.39, 0.29) is 12.7 Å². The van der Waals surface area contributed by atoms with Crippen LogP contribution in [0.2, 0.25) is 5.02 Å². The van der Waals surface area contributed by atoms with E-state index in [4.69, 9.17) is 25.8 Å². The summed E-state index contributed by atoms with van der Waals surface area (Å²) in [5.74, 6) is 1.42. The number of carbonyl (C=O) groups excluding carboxylic acids is 1. The molecule has 0 fully saturated rings. The molecule has 0 saturated carbocycles. The second-order valence-corrected chi connectivity index (χ2v) is 6.21. The van der Waals surface area contributed by atoms with E-state index in [1.54, 1.807) is 43.3 Å². The van der Waals surface area contributed by atoms with Crippen molar-refractivity contribution in [1.82, 2.24) is 0 Å². The van der Waals surface area contributed by atoms with Crippen LogP contribution in [0.3, 0.4) is 0 Å². The van der Waals surface area contributed by atoms with Gasteiger partial charge in [-0.15, -0.1) is 0 Å². The Morgan fingerprint density at radius 1 is 1.26 bits per heavy atom. The second-order valence-electron chi connectivity index (χ2n) is 4.89. The molecule has 1 atom stereocenters. The third kappa shape index (κ3) is 3.71. The van der Waals surface area contributed by atoms with Gasteiger partial charge >= 0.3 is 0 Å². The monoisotopic (exact) mass is 397 g/mol. The Morgan fingerprint density at radius 3 is 2.83 bits per heavy atom. The molecule has 7 heteroatoms. The molecule has 0 saturated heterocycles. The number of hydrogen-bond donors (Lipinski definition) is 1. The SMILES string of the molecule is CC(Oc1ccc(Br)cc1Cl)C(=O)Nc1ccc2c(c1)OCO2. The number of hydrogen-bond acceptors (Lipinski definition) is 4. The summed E-state index contributed by atoms with van der Waals surface area (Å²) in [7, 11) is 0. The summed E-state index contributed by atoms with van der Waals surface area (Å²) < 4.78 is 17.0. The molecule has 0 aliphatic carbocycles. The Labute approximate surface area is 146 Å². The molecule has 0 spiro atoms. The van der Waals surface area contributed by atoms with Crippen molar-refractivity contribution >= 4 is 39.1 Å². The molecule has 1 N–H and O–H groups in total. The maximum Gasteiger partial charge on any atom is 0.265 e. The number of carbonyl (C=O) groups is 1. The van der Waals surface area contributed by atoms with Gasteiger partial charge in [0.2, 0.25) is 6.79 Å². The highest BCUT2D eigenvalue weighted by molar-refractivity contribution is 9.10. The Morgan fingerprint density at radius 2 is 2.04 bits per heavy atom. The topological polar surface area (TPSA) is 56.8 Å². The number of halogens is 2. The Kier molecular flexibility index (Phi) is 4.63. The lowest BCUT2D eigenvalue weighted by Crippen LogP contribution is -2.30. The molecule has 1 heterocycles. The van der Waals surface area contributed by atoms with E-state index in [1.807, 2.05) is 0 Å². The number of fused-ring (bicyclic) bond motifs is 1. The predicted molar refractivity (Wildman–Crippen MR) is 90.4 cm³/mol. The van der Waals surface area contributed by atoms with Crippen LogP contribution >= 0.6 is 27.5 Å². The first-order valence-electron chi connectivity index (χ1n) is 6.85. The number of ether oxygens (including phenoxy) is 3. The maximum atomic E-state index is 12.2. The molecule has 5 nitrogen and oxygen atoms in total. The van der Waals surface area contributed by atoms with Crippen molar-refractivity contribution in [2.24, 2.45) is 0 Å². The molecular formula is C16H13BrClNO4.